The molecule has 0 radical (unpaired) electrons. The Morgan fingerprint density at radius 1 is 0.976 bits per heavy atom. The lowest BCUT2D eigenvalue weighted by Gasteiger charge is -2.13. The van der Waals surface area contributed by atoms with E-state index in [2.05, 4.69) is 29.9 Å². The van der Waals surface area contributed by atoms with Crippen molar-refractivity contribution in [3.05, 3.63) is 80.1 Å². The zero-order valence-electron chi connectivity index (χ0n) is 22.2. The number of nitrogens with zero attached hydrogens (tertiary/aromatic N) is 6. The van der Waals surface area contributed by atoms with Gasteiger partial charge in [-0.3, -0.25) is 9.59 Å². The fraction of sp³-hybridized carbons (Fsp3) is 0.321. The van der Waals surface area contributed by atoms with Gasteiger partial charge >= 0.3 is 17.3 Å². The Bertz CT molecular complexity index is 1960. The van der Waals surface area contributed by atoms with E-state index in [0.29, 0.717) is 16.8 Å². The first-order chi connectivity index (χ1) is 20.2. The monoisotopic (exact) mass is 576 g/mol. The van der Waals surface area contributed by atoms with E-state index in [-0.39, 0.29) is 47.1 Å². The third kappa shape index (κ3) is 4.72. The van der Waals surface area contributed by atoms with Gasteiger partial charge in [0.15, 0.2) is 17.2 Å². The van der Waals surface area contributed by atoms with Crippen LogP contribution in [-0.4, -0.2) is 46.6 Å². The number of fused-ring (bicyclic) bond motifs is 1. The molecule has 0 bridgehead atoms. The number of aromatic nitrogens is 8. The summed E-state index contributed by atoms with van der Waals surface area (Å²) in [4.78, 5) is 51.4. The maximum Gasteiger partial charge on any atom is 0.434 e. The highest BCUT2D eigenvalue weighted by atomic mass is 19.4. The van der Waals surface area contributed by atoms with Crippen molar-refractivity contribution in [1.82, 2.24) is 39.5 Å². The van der Waals surface area contributed by atoms with Crippen LogP contribution in [0.25, 0.3) is 33.9 Å². The van der Waals surface area contributed by atoms with Gasteiger partial charge in [0.05, 0.1) is 18.5 Å². The van der Waals surface area contributed by atoms with Crippen LogP contribution >= 0.6 is 0 Å². The smallest absolute Gasteiger partial charge is 0.434 e. The zero-order chi connectivity index (χ0) is 29.2. The highest BCUT2D eigenvalue weighted by Gasteiger charge is 2.37. The molecule has 14 heteroatoms. The third-order valence-electron chi connectivity index (χ3n) is 7.43. The molecule has 2 saturated carbocycles. The van der Waals surface area contributed by atoms with Crippen LogP contribution in [0.4, 0.5) is 13.2 Å². The summed E-state index contributed by atoms with van der Waals surface area (Å²) in [5.74, 6) is 1.000. The summed E-state index contributed by atoms with van der Waals surface area (Å²) < 4.78 is 47.3. The van der Waals surface area contributed by atoms with Crippen molar-refractivity contribution in [2.45, 2.75) is 50.2 Å². The normalized spacial score (nSPS) is 15.3. The van der Waals surface area contributed by atoms with Crippen molar-refractivity contribution in [2.24, 2.45) is 0 Å². The van der Waals surface area contributed by atoms with Gasteiger partial charge in [-0.1, -0.05) is 24.3 Å². The number of H-pyrrole nitrogens is 2. The highest BCUT2D eigenvalue weighted by molar-refractivity contribution is 5.77. The summed E-state index contributed by atoms with van der Waals surface area (Å²) in [7, 11) is 1.48. The molecule has 4 heterocycles. The van der Waals surface area contributed by atoms with Crippen LogP contribution in [0.1, 0.15) is 60.3 Å². The zero-order valence-corrected chi connectivity index (χ0v) is 22.2. The number of hydrogen-bond acceptors (Lipinski definition) is 8. The van der Waals surface area contributed by atoms with Crippen molar-refractivity contribution < 1.29 is 17.9 Å². The number of methoxy groups -OCH3 is 1. The van der Waals surface area contributed by atoms with Crippen molar-refractivity contribution >= 4 is 11.2 Å². The van der Waals surface area contributed by atoms with Crippen LogP contribution in [0.2, 0.25) is 0 Å². The summed E-state index contributed by atoms with van der Waals surface area (Å²) in [6.45, 7) is 0. The molecule has 0 amide bonds. The van der Waals surface area contributed by atoms with Crippen LogP contribution in [0.5, 0.6) is 5.88 Å². The Hall–Kier alpha value is -4.88. The van der Waals surface area contributed by atoms with Gasteiger partial charge in [0.25, 0.3) is 0 Å². The van der Waals surface area contributed by atoms with Crippen LogP contribution in [0.15, 0.2) is 46.4 Å². The van der Waals surface area contributed by atoms with Crippen molar-refractivity contribution in [1.29, 1.82) is 0 Å². The SMILES string of the molecule is COc1ncnc(C2CC2)c1-c1nc(Cc2ccc(-c3nc(C(F)(F)F)cn3C3CC3)cc2)c2[nH]c(=O)c(=O)[nH]c2n1. The Labute approximate surface area is 234 Å². The number of aromatic amines is 2. The molecule has 0 unspecified atom stereocenters. The van der Waals surface area contributed by atoms with Gasteiger partial charge in [0.2, 0.25) is 5.88 Å². The minimum atomic E-state index is -4.54. The van der Waals surface area contributed by atoms with Crippen LogP contribution < -0.4 is 15.9 Å². The van der Waals surface area contributed by atoms with E-state index < -0.39 is 23.0 Å². The van der Waals surface area contributed by atoms with Crippen LogP contribution in [-0.2, 0) is 12.6 Å². The van der Waals surface area contributed by atoms with Gasteiger partial charge in [-0.15, -0.1) is 0 Å². The number of ether oxygens (including phenoxy) is 1. The molecule has 42 heavy (non-hydrogen) atoms. The molecule has 214 valence electrons. The van der Waals surface area contributed by atoms with Gasteiger partial charge in [-0.25, -0.2) is 24.9 Å². The largest absolute Gasteiger partial charge is 0.480 e. The van der Waals surface area contributed by atoms with E-state index in [1.165, 1.54) is 13.4 Å². The maximum atomic E-state index is 13.4. The molecule has 0 spiro atoms. The average Bonchev–Trinajstić information content (AvgIpc) is 3.91. The summed E-state index contributed by atoms with van der Waals surface area (Å²) in [5, 5.41) is 0. The molecule has 7 rings (SSSR count). The van der Waals surface area contributed by atoms with Gasteiger partial charge in [0, 0.05) is 30.1 Å². The summed E-state index contributed by atoms with van der Waals surface area (Å²) in [6, 6.07) is 6.98. The van der Waals surface area contributed by atoms with Crippen molar-refractivity contribution in [2.75, 3.05) is 7.11 Å². The third-order valence-corrected chi connectivity index (χ3v) is 7.43. The summed E-state index contributed by atoms with van der Waals surface area (Å²) in [5.41, 5.74) is 0.759. The molecule has 1 aromatic carbocycles. The van der Waals surface area contributed by atoms with Gasteiger partial charge in [-0.05, 0) is 31.2 Å². The minimum absolute atomic E-state index is 0.00699. The fourth-order valence-corrected chi connectivity index (χ4v) is 5.06. The topological polar surface area (TPSA) is 144 Å². The Balaban J connectivity index is 1.30. The molecule has 5 aromatic rings. The molecular formula is C28H23F3N8O3. The lowest BCUT2D eigenvalue weighted by molar-refractivity contribution is -0.140. The van der Waals surface area contributed by atoms with E-state index in [0.717, 1.165) is 43.1 Å². The van der Waals surface area contributed by atoms with Gasteiger partial charge in [0.1, 0.15) is 23.2 Å². The number of alkyl halides is 3. The second-order valence-electron chi connectivity index (χ2n) is 10.5. The number of hydrogen-bond donors (Lipinski definition) is 2. The lowest BCUT2D eigenvalue weighted by Crippen LogP contribution is -2.30. The summed E-state index contributed by atoms with van der Waals surface area (Å²) >= 11 is 0. The van der Waals surface area contributed by atoms with E-state index in [9.17, 15) is 22.8 Å². The Kier molecular flexibility index (Phi) is 5.95. The maximum absolute atomic E-state index is 13.4. The number of imidazole rings is 1. The number of rotatable bonds is 7. The number of halogens is 3. The second kappa shape index (κ2) is 9.60. The molecule has 0 atom stereocenters. The Morgan fingerprint density at radius 3 is 2.38 bits per heavy atom. The predicted molar refractivity (Wildman–Crippen MR) is 144 cm³/mol. The molecule has 2 aliphatic rings. The molecule has 4 aromatic heterocycles. The van der Waals surface area contributed by atoms with Crippen LogP contribution in [0.3, 0.4) is 0 Å². The molecule has 2 aliphatic carbocycles. The van der Waals surface area contributed by atoms with Gasteiger partial charge in [-0.2, -0.15) is 13.2 Å². The summed E-state index contributed by atoms with van der Waals surface area (Å²) in [6.07, 6.45) is 1.69. The van der Waals surface area contributed by atoms with Crippen molar-refractivity contribution in [3.63, 3.8) is 0 Å². The standard InChI is InChI=1S/C28H23F3N8O3/c1-42-27-19(20(14-6-7-14)32-12-33-27)22-34-17(21-23(37-22)38-26(41)25(40)36-21)10-13-2-4-15(5-3-13)24-35-18(28(29,30)31)11-39(24)16-8-9-16/h2-5,11-12,14,16H,6-10H2,1H3,(H,36,40)(H,34,37,38,41). The minimum Gasteiger partial charge on any atom is -0.480 e. The fourth-order valence-electron chi connectivity index (χ4n) is 5.06. The first-order valence-electron chi connectivity index (χ1n) is 13.4. The molecule has 2 fully saturated rings. The predicted octanol–water partition coefficient (Wildman–Crippen LogP) is 4.16. The second-order valence-corrected chi connectivity index (χ2v) is 10.5. The van der Waals surface area contributed by atoms with E-state index >= 15 is 0 Å². The van der Waals surface area contributed by atoms with Crippen molar-refractivity contribution in [3.8, 4) is 28.7 Å². The molecule has 0 saturated heterocycles. The number of benzene rings is 1. The number of nitrogens with one attached hydrogen (secondary N) is 2. The van der Waals surface area contributed by atoms with E-state index in [4.69, 9.17) is 9.72 Å². The van der Waals surface area contributed by atoms with Crippen LogP contribution in [0, 0.1) is 0 Å². The first kappa shape index (κ1) is 26.0. The molecule has 0 aliphatic heterocycles. The quantitative estimate of drug-likeness (QED) is 0.275. The average molecular weight is 577 g/mol. The van der Waals surface area contributed by atoms with Gasteiger partial charge < -0.3 is 19.3 Å². The van der Waals surface area contributed by atoms with E-state index in [1.807, 2.05) is 0 Å². The van der Waals surface area contributed by atoms with E-state index in [1.54, 1.807) is 28.8 Å². The molecular weight excluding hydrogens is 553 g/mol. The molecule has 11 nitrogen and oxygen atoms in total. The molecule has 2 N–H and O–H groups in total. The first-order valence-corrected chi connectivity index (χ1v) is 13.4. The Morgan fingerprint density at radius 2 is 1.71 bits per heavy atom. The highest BCUT2D eigenvalue weighted by Crippen LogP contribution is 2.45. The lowest BCUT2D eigenvalue weighted by atomic mass is 10.1.